The summed E-state index contributed by atoms with van der Waals surface area (Å²) in [5, 5.41) is 13.2. The largest absolute Gasteiger partial charge is 0.430 e. The molecule has 6 nitrogen and oxygen atoms in total. The molecule has 0 spiro atoms. The fourth-order valence-electron chi connectivity index (χ4n) is 3.15. The minimum absolute atomic E-state index is 0.0328. The molecule has 2 aromatic rings. The zero-order chi connectivity index (χ0) is 23.8. The maximum atomic E-state index is 13.5. The first-order chi connectivity index (χ1) is 14.2. The molecule has 0 saturated heterocycles. The number of hydrogen-bond donors (Lipinski definition) is 1. The Morgan fingerprint density at radius 3 is 1.94 bits per heavy atom. The molecule has 0 aliphatic heterocycles. The van der Waals surface area contributed by atoms with Crippen LogP contribution in [0.3, 0.4) is 0 Å². The van der Waals surface area contributed by atoms with Gasteiger partial charge in [-0.05, 0) is 31.0 Å². The minimum atomic E-state index is -5.81. The lowest BCUT2D eigenvalue weighted by molar-refractivity contribution is -0.385. The molecule has 0 heterocycles. The van der Waals surface area contributed by atoms with E-state index >= 15 is 0 Å². The van der Waals surface area contributed by atoms with Gasteiger partial charge >= 0.3 is 12.4 Å². The molecule has 2 aromatic carbocycles. The number of alkyl halides is 6. The third-order valence-corrected chi connectivity index (χ3v) is 4.60. The molecular formula is C19H16F6N2O4. The summed E-state index contributed by atoms with van der Waals surface area (Å²) >= 11 is 0. The number of amides is 1. The monoisotopic (exact) mass is 450 g/mol. The molecular weight excluding hydrogens is 434 g/mol. The predicted octanol–water partition coefficient (Wildman–Crippen LogP) is 5.43. The van der Waals surface area contributed by atoms with Gasteiger partial charge < -0.3 is 10.1 Å². The first kappa shape index (κ1) is 24.1. The molecule has 0 radical (unpaired) electrons. The number of hydrogen-bond acceptors (Lipinski definition) is 4. The van der Waals surface area contributed by atoms with E-state index in [-0.39, 0.29) is 28.1 Å². The lowest BCUT2D eigenvalue weighted by Gasteiger charge is -2.36. The van der Waals surface area contributed by atoms with Gasteiger partial charge in [0, 0.05) is 36.1 Å². The van der Waals surface area contributed by atoms with Crippen molar-refractivity contribution in [3.8, 4) is 0 Å². The lowest BCUT2D eigenvalue weighted by atomic mass is 9.88. The Morgan fingerprint density at radius 1 is 1.00 bits per heavy atom. The number of anilines is 1. The van der Waals surface area contributed by atoms with E-state index < -0.39 is 34.3 Å². The molecule has 0 fully saturated rings. The summed E-state index contributed by atoms with van der Waals surface area (Å²) in [4.78, 5) is 22.6. The number of nitro benzene ring substituents is 1. The highest BCUT2D eigenvalue weighted by Gasteiger charge is 2.73. The zero-order valence-corrected chi connectivity index (χ0v) is 16.3. The average Bonchev–Trinajstić information content (AvgIpc) is 2.63. The van der Waals surface area contributed by atoms with Crippen LogP contribution < -0.4 is 5.32 Å². The number of rotatable bonds is 5. The molecule has 1 amide bonds. The highest BCUT2D eigenvalue weighted by atomic mass is 19.4. The summed E-state index contributed by atoms with van der Waals surface area (Å²) in [5.41, 5.74) is -6.45. The quantitative estimate of drug-likeness (QED) is 0.374. The normalized spacial score (nSPS) is 12.5. The number of nitrogens with one attached hydrogen (secondary N) is 1. The molecule has 12 heteroatoms. The number of benzene rings is 2. The van der Waals surface area contributed by atoms with E-state index in [2.05, 4.69) is 10.1 Å². The van der Waals surface area contributed by atoms with Gasteiger partial charge in [0.1, 0.15) is 0 Å². The number of ether oxygens (including phenoxy) is 1. The van der Waals surface area contributed by atoms with Crippen molar-refractivity contribution >= 4 is 17.3 Å². The third-order valence-electron chi connectivity index (χ3n) is 4.60. The Kier molecular flexibility index (Phi) is 6.36. The van der Waals surface area contributed by atoms with Crippen molar-refractivity contribution < 1.29 is 40.8 Å². The number of carbonyl (C=O) groups is 1. The molecule has 0 atom stereocenters. The molecule has 0 unspecified atom stereocenters. The number of carbonyl (C=O) groups excluding carboxylic acids is 1. The number of nitro groups is 1. The predicted molar refractivity (Wildman–Crippen MR) is 97.8 cm³/mol. The van der Waals surface area contributed by atoms with Gasteiger partial charge in [-0.3, -0.25) is 14.9 Å². The Bertz CT molecular complexity index is 980. The van der Waals surface area contributed by atoms with Crippen LogP contribution in [-0.4, -0.2) is 30.3 Å². The van der Waals surface area contributed by atoms with Gasteiger partial charge in [-0.1, -0.05) is 18.2 Å². The Balaban J connectivity index is 2.52. The molecule has 0 aliphatic carbocycles. The van der Waals surface area contributed by atoms with E-state index in [0.717, 1.165) is 12.1 Å². The van der Waals surface area contributed by atoms with E-state index in [4.69, 9.17) is 0 Å². The Labute approximate surface area is 172 Å². The van der Waals surface area contributed by atoms with E-state index in [1.165, 1.54) is 26.0 Å². The van der Waals surface area contributed by atoms with E-state index in [0.29, 0.717) is 19.2 Å². The average molecular weight is 450 g/mol. The second-order valence-electron chi connectivity index (χ2n) is 6.63. The third kappa shape index (κ3) is 4.33. The van der Waals surface area contributed by atoms with Crippen LogP contribution in [0.1, 0.15) is 27.0 Å². The van der Waals surface area contributed by atoms with Gasteiger partial charge in [0.05, 0.1) is 4.92 Å². The molecule has 168 valence electrons. The second-order valence-corrected chi connectivity index (χ2v) is 6.63. The maximum Gasteiger partial charge on any atom is 0.430 e. The zero-order valence-electron chi connectivity index (χ0n) is 16.3. The van der Waals surface area contributed by atoms with Crippen molar-refractivity contribution in [2.75, 3.05) is 12.4 Å². The molecule has 31 heavy (non-hydrogen) atoms. The van der Waals surface area contributed by atoms with Crippen LogP contribution in [0, 0.1) is 24.0 Å². The van der Waals surface area contributed by atoms with Crippen molar-refractivity contribution in [3.05, 3.63) is 68.8 Å². The van der Waals surface area contributed by atoms with Gasteiger partial charge in [-0.15, -0.1) is 0 Å². The molecule has 0 aromatic heterocycles. The number of methoxy groups -OCH3 is 1. The van der Waals surface area contributed by atoms with Crippen molar-refractivity contribution in [1.82, 2.24) is 0 Å². The molecule has 1 N–H and O–H groups in total. The molecule has 2 rings (SSSR count). The topological polar surface area (TPSA) is 81.5 Å². The number of nitrogens with zero attached hydrogens (tertiary/aromatic N) is 1. The SMILES string of the molecule is COC(c1cc(C)c(NC(=O)c2cccc([N+](=O)[O-])c2)c(C)c1)(C(F)(F)F)C(F)(F)F. The summed E-state index contributed by atoms with van der Waals surface area (Å²) in [6, 6.07) is 5.92. The van der Waals surface area contributed by atoms with Gasteiger partial charge in [0.15, 0.2) is 0 Å². The van der Waals surface area contributed by atoms with Crippen LogP contribution in [0.5, 0.6) is 0 Å². The summed E-state index contributed by atoms with van der Waals surface area (Å²) < 4.78 is 84.9. The van der Waals surface area contributed by atoms with Crippen molar-refractivity contribution in [2.45, 2.75) is 31.8 Å². The fourth-order valence-corrected chi connectivity index (χ4v) is 3.15. The van der Waals surface area contributed by atoms with Crippen LogP contribution >= 0.6 is 0 Å². The molecule has 0 saturated carbocycles. The van der Waals surface area contributed by atoms with Crippen LogP contribution in [0.4, 0.5) is 37.7 Å². The summed E-state index contributed by atoms with van der Waals surface area (Å²) in [6.07, 6.45) is -11.6. The van der Waals surface area contributed by atoms with Crippen molar-refractivity contribution in [1.29, 1.82) is 0 Å². The van der Waals surface area contributed by atoms with Crippen LogP contribution in [0.25, 0.3) is 0 Å². The number of non-ortho nitro benzene ring substituents is 1. The molecule has 0 aliphatic rings. The van der Waals surface area contributed by atoms with Gasteiger partial charge in [-0.25, -0.2) is 0 Å². The number of halogens is 6. The van der Waals surface area contributed by atoms with E-state index in [1.54, 1.807) is 0 Å². The van der Waals surface area contributed by atoms with Gasteiger partial charge in [0.2, 0.25) is 0 Å². The Hall–Kier alpha value is -3.15. The Morgan fingerprint density at radius 2 is 1.52 bits per heavy atom. The highest BCUT2D eigenvalue weighted by Crippen LogP contribution is 2.53. The first-order valence-corrected chi connectivity index (χ1v) is 8.52. The summed E-state index contributed by atoms with van der Waals surface area (Å²) in [7, 11) is 0.309. The number of aryl methyl sites for hydroxylation is 2. The standard InChI is InChI=1S/C19H16F6N2O4/c1-10-7-13(17(31-3,18(20,21)22)19(23,24)25)8-11(2)15(10)26-16(28)12-5-4-6-14(9-12)27(29)30/h4-9H,1-3H3,(H,26,28). The lowest BCUT2D eigenvalue weighted by Crippen LogP contribution is -2.55. The highest BCUT2D eigenvalue weighted by molar-refractivity contribution is 6.05. The second kappa shape index (κ2) is 8.17. The van der Waals surface area contributed by atoms with E-state index in [9.17, 15) is 41.3 Å². The molecule has 0 bridgehead atoms. The fraction of sp³-hybridized carbons (Fsp3) is 0.316. The smallest absolute Gasteiger partial charge is 0.357 e. The summed E-state index contributed by atoms with van der Waals surface area (Å²) in [6.45, 7) is 2.43. The van der Waals surface area contributed by atoms with Crippen LogP contribution in [0.2, 0.25) is 0 Å². The van der Waals surface area contributed by atoms with Crippen molar-refractivity contribution in [2.24, 2.45) is 0 Å². The summed E-state index contributed by atoms with van der Waals surface area (Å²) in [5.74, 6) is -0.827. The van der Waals surface area contributed by atoms with Crippen LogP contribution in [0.15, 0.2) is 36.4 Å². The first-order valence-electron chi connectivity index (χ1n) is 8.52. The van der Waals surface area contributed by atoms with E-state index in [1.807, 2.05) is 0 Å². The van der Waals surface area contributed by atoms with Crippen molar-refractivity contribution in [3.63, 3.8) is 0 Å². The maximum absolute atomic E-state index is 13.5. The van der Waals surface area contributed by atoms with Gasteiger partial charge in [-0.2, -0.15) is 26.3 Å². The minimum Gasteiger partial charge on any atom is -0.357 e. The van der Waals surface area contributed by atoms with Crippen LogP contribution in [-0.2, 0) is 10.3 Å². The van der Waals surface area contributed by atoms with Gasteiger partial charge in [0.25, 0.3) is 17.2 Å².